The maximum atomic E-state index is 5.75. The van der Waals surface area contributed by atoms with Crippen molar-refractivity contribution in [1.29, 1.82) is 0 Å². The van der Waals surface area contributed by atoms with Crippen molar-refractivity contribution in [1.82, 2.24) is 9.97 Å². The van der Waals surface area contributed by atoms with Crippen LogP contribution in [0.15, 0.2) is 30.3 Å². The normalized spacial score (nSPS) is 16.9. The molecule has 1 aromatic heterocycles. The molecule has 0 spiro atoms. The Morgan fingerprint density at radius 3 is 2.80 bits per heavy atom. The molecular weight excluding hydrogens is 314 g/mol. The van der Waals surface area contributed by atoms with Crippen molar-refractivity contribution in [2.24, 2.45) is 0 Å². The van der Waals surface area contributed by atoms with E-state index in [2.05, 4.69) is 43.2 Å². The molecule has 0 radical (unpaired) electrons. The van der Waals surface area contributed by atoms with Crippen molar-refractivity contribution < 1.29 is 9.47 Å². The molecule has 1 aliphatic rings. The van der Waals surface area contributed by atoms with E-state index in [-0.39, 0.29) is 5.41 Å². The number of nitrogens with one attached hydrogen (secondary N) is 1. The number of methoxy groups -OCH3 is 1. The highest BCUT2D eigenvalue weighted by Gasteiger charge is 2.22. The molecule has 25 heavy (non-hydrogen) atoms. The molecule has 2 aromatic rings. The van der Waals surface area contributed by atoms with Gasteiger partial charge in [-0.1, -0.05) is 39.0 Å². The Hall–Kier alpha value is -2.14. The first-order valence-corrected chi connectivity index (χ1v) is 8.80. The van der Waals surface area contributed by atoms with Gasteiger partial charge in [-0.2, -0.15) is 0 Å². The summed E-state index contributed by atoms with van der Waals surface area (Å²) in [7, 11) is 1.69. The molecule has 1 atom stereocenters. The average Bonchev–Trinajstić information content (AvgIpc) is 2.59. The molecule has 0 bridgehead atoms. The van der Waals surface area contributed by atoms with Crippen LogP contribution in [0.25, 0.3) is 0 Å². The second-order valence-corrected chi connectivity index (χ2v) is 7.50. The average molecular weight is 341 g/mol. The van der Waals surface area contributed by atoms with Gasteiger partial charge in [0.25, 0.3) is 0 Å². The summed E-state index contributed by atoms with van der Waals surface area (Å²) in [6.45, 7) is 8.44. The van der Waals surface area contributed by atoms with Crippen LogP contribution in [0.5, 0.6) is 5.75 Å². The summed E-state index contributed by atoms with van der Waals surface area (Å²) in [5.41, 5.74) is 2.06. The Labute approximate surface area is 149 Å². The maximum Gasteiger partial charge on any atom is 0.136 e. The fourth-order valence-corrected chi connectivity index (χ4v) is 3.00. The predicted octanol–water partition coefficient (Wildman–Crippen LogP) is 3.90. The minimum absolute atomic E-state index is 0.106. The lowest BCUT2D eigenvalue weighted by molar-refractivity contribution is 0.181. The van der Waals surface area contributed by atoms with Crippen molar-refractivity contribution in [2.75, 3.05) is 25.6 Å². The molecule has 0 amide bonds. The Morgan fingerprint density at radius 1 is 1.24 bits per heavy atom. The smallest absolute Gasteiger partial charge is 0.136 e. The molecule has 1 aliphatic heterocycles. The summed E-state index contributed by atoms with van der Waals surface area (Å²) in [5.74, 6) is 3.11. The summed E-state index contributed by atoms with van der Waals surface area (Å²) in [4.78, 5) is 9.35. The molecule has 0 fully saturated rings. The Balaban J connectivity index is 1.78. The van der Waals surface area contributed by atoms with Gasteiger partial charge < -0.3 is 14.8 Å². The highest BCUT2D eigenvalue weighted by atomic mass is 16.5. The SMILES string of the molecule is COCc1cc(NCC2CCOc3ccccc32)nc(C(C)(C)C)n1. The molecule has 2 heterocycles. The van der Waals surface area contributed by atoms with E-state index in [4.69, 9.17) is 14.5 Å². The summed E-state index contributed by atoms with van der Waals surface area (Å²) in [5, 5.41) is 3.50. The van der Waals surface area contributed by atoms with Gasteiger partial charge in [0, 0.05) is 31.1 Å². The Bertz CT molecular complexity index is 725. The largest absolute Gasteiger partial charge is 0.493 e. The number of aromatic nitrogens is 2. The molecule has 0 saturated carbocycles. The second kappa shape index (κ2) is 7.40. The molecule has 3 rings (SSSR count). The summed E-state index contributed by atoms with van der Waals surface area (Å²) < 4.78 is 11.0. The van der Waals surface area contributed by atoms with Gasteiger partial charge in [-0.15, -0.1) is 0 Å². The van der Waals surface area contributed by atoms with Gasteiger partial charge in [0.1, 0.15) is 17.4 Å². The van der Waals surface area contributed by atoms with Crippen molar-refractivity contribution in [3.8, 4) is 5.75 Å². The number of hydrogen-bond acceptors (Lipinski definition) is 5. The first-order chi connectivity index (χ1) is 12.0. The predicted molar refractivity (Wildman–Crippen MR) is 99.2 cm³/mol. The number of benzene rings is 1. The van der Waals surface area contributed by atoms with Gasteiger partial charge in [-0.25, -0.2) is 9.97 Å². The van der Waals surface area contributed by atoms with Gasteiger partial charge in [-0.05, 0) is 18.1 Å². The second-order valence-electron chi connectivity index (χ2n) is 7.50. The van der Waals surface area contributed by atoms with Gasteiger partial charge in [0.15, 0.2) is 0 Å². The lowest BCUT2D eigenvalue weighted by atomic mass is 9.93. The number of hydrogen-bond donors (Lipinski definition) is 1. The molecule has 0 saturated heterocycles. The molecule has 1 unspecified atom stereocenters. The zero-order valence-electron chi connectivity index (χ0n) is 15.5. The molecule has 1 aromatic carbocycles. The van der Waals surface area contributed by atoms with E-state index in [1.165, 1.54) is 5.56 Å². The Kier molecular flexibility index (Phi) is 5.23. The van der Waals surface area contributed by atoms with Gasteiger partial charge in [0.2, 0.25) is 0 Å². The van der Waals surface area contributed by atoms with Gasteiger partial charge >= 0.3 is 0 Å². The van der Waals surface area contributed by atoms with Crippen LogP contribution < -0.4 is 10.1 Å². The molecule has 0 aliphatic carbocycles. The van der Waals surface area contributed by atoms with Crippen molar-refractivity contribution in [3.63, 3.8) is 0 Å². The van der Waals surface area contributed by atoms with E-state index >= 15 is 0 Å². The van der Waals surface area contributed by atoms with Gasteiger partial charge in [-0.3, -0.25) is 0 Å². The van der Waals surface area contributed by atoms with E-state index < -0.39 is 0 Å². The Morgan fingerprint density at radius 2 is 2.04 bits per heavy atom. The van der Waals surface area contributed by atoms with E-state index in [0.29, 0.717) is 12.5 Å². The van der Waals surface area contributed by atoms with Crippen LogP contribution in [-0.2, 0) is 16.8 Å². The fraction of sp³-hybridized carbons (Fsp3) is 0.500. The quantitative estimate of drug-likeness (QED) is 0.894. The third-order valence-corrected chi connectivity index (χ3v) is 4.35. The minimum Gasteiger partial charge on any atom is -0.493 e. The lowest BCUT2D eigenvalue weighted by Gasteiger charge is -2.26. The van der Waals surface area contributed by atoms with Gasteiger partial charge in [0.05, 0.1) is 18.9 Å². The fourth-order valence-electron chi connectivity index (χ4n) is 3.00. The summed E-state index contributed by atoms with van der Waals surface area (Å²) >= 11 is 0. The minimum atomic E-state index is -0.106. The van der Waals surface area contributed by atoms with E-state index in [1.54, 1.807) is 7.11 Å². The van der Waals surface area contributed by atoms with Crippen LogP contribution in [0, 0.1) is 0 Å². The van der Waals surface area contributed by atoms with Crippen LogP contribution in [0.3, 0.4) is 0 Å². The van der Waals surface area contributed by atoms with Crippen LogP contribution in [-0.4, -0.2) is 30.2 Å². The number of fused-ring (bicyclic) bond motifs is 1. The number of para-hydroxylation sites is 1. The van der Waals surface area contributed by atoms with Crippen molar-refractivity contribution >= 4 is 5.82 Å². The summed E-state index contributed by atoms with van der Waals surface area (Å²) in [6, 6.07) is 10.3. The van der Waals surface area contributed by atoms with Crippen LogP contribution in [0.1, 0.15) is 50.2 Å². The molecule has 5 heteroatoms. The van der Waals surface area contributed by atoms with E-state index in [1.807, 2.05) is 18.2 Å². The number of nitrogens with zero attached hydrogens (tertiary/aromatic N) is 2. The molecular formula is C20H27N3O2. The monoisotopic (exact) mass is 341 g/mol. The molecule has 1 N–H and O–H groups in total. The van der Waals surface area contributed by atoms with Crippen molar-refractivity contribution in [3.05, 3.63) is 47.4 Å². The standard InChI is InChI=1S/C20H27N3O2/c1-20(2,3)19-22-15(13-24-4)11-18(23-19)21-12-14-9-10-25-17-8-6-5-7-16(14)17/h5-8,11,14H,9-10,12-13H2,1-4H3,(H,21,22,23). The first kappa shape index (κ1) is 17.7. The number of rotatable bonds is 5. The maximum absolute atomic E-state index is 5.75. The third kappa shape index (κ3) is 4.28. The molecule has 134 valence electrons. The first-order valence-electron chi connectivity index (χ1n) is 8.80. The molecule has 5 nitrogen and oxygen atoms in total. The topological polar surface area (TPSA) is 56.3 Å². The van der Waals surface area contributed by atoms with Crippen LogP contribution in [0.2, 0.25) is 0 Å². The number of anilines is 1. The zero-order chi connectivity index (χ0) is 17.9. The summed E-state index contributed by atoms with van der Waals surface area (Å²) in [6.07, 6.45) is 1.01. The zero-order valence-corrected chi connectivity index (χ0v) is 15.5. The van der Waals surface area contributed by atoms with Crippen LogP contribution >= 0.6 is 0 Å². The van der Waals surface area contributed by atoms with E-state index in [9.17, 15) is 0 Å². The van der Waals surface area contributed by atoms with Crippen LogP contribution in [0.4, 0.5) is 5.82 Å². The van der Waals surface area contributed by atoms with E-state index in [0.717, 1.165) is 42.7 Å². The third-order valence-electron chi connectivity index (χ3n) is 4.35. The highest BCUT2D eigenvalue weighted by molar-refractivity contribution is 5.41. The lowest BCUT2D eigenvalue weighted by Crippen LogP contribution is -2.22. The number of ether oxygens (including phenoxy) is 2. The highest BCUT2D eigenvalue weighted by Crippen LogP contribution is 2.33. The van der Waals surface area contributed by atoms with Crippen molar-refractivity contribution in [2.45, 2.75) is 45.1 Å².